The number of nitrogens with zero attached hydrogens (tertiary/aromatic N) is 2. The lowest BCUT2D eigenvalue weighted by molar-refractivity contribution is -0.144. The summed E-state index contributed by atoms with van der Waals surface area (Å²) < 4.78 is 0. The Labute approximate surface area is 112 Å². The Hall–Kier alpha value is -2.11. The van der Waals surface area contributed by atoms with Gasteiger partial charge in [0, 0.05) is 13.2 Å². The first-order chi connectivity index (χ1) is 8.97. The quantitative estimate of drug-likeness (QED) is 0.841. The third-order valence-electron chi connectivity index (χ3n) is 2.75. The van der Waals surface area contributed by atoms with Crippen LogP contribution in [0.15, 0.2) is 24.4 Å². The number of carbonyl (C=O) groups excluding carboxylic acids is 1. The molecule has 1 atom stereocenters. The van der Waals surface area contributed by atoms with Crippen LogP contribution in [0.3, 0.4) is 0 Å². The Bertz CT molecular complexity index is 434. The highest BCUT2D eigenvalue weighted by molar-refractivity contribution is 5.82. The predicted octanol–water partition coefficient (Wildman–Crippen LogP) is 1.33. The van der Waals surface area contributed by atoms with Crippen molar-refractivity contribution in [2.75, 3.05) is 7.05 Å². The monoisotopic (exact) mass is 265 g/mol. The maximum atomic E-state index is 11.9. The summed E-state index contributed by atoms with van der Waals surface area (Å²) in [5.41, 5.74) is 0.651. The van der Waals surface area contributed by atoms with E-state index in [2.05, 4.69) is 10.3 Å². The first-order valence-corrected chi connectivity index (χ1v) is 6.08. The van der Waals surface area contributed by atoms with Gasteiger partial charge in [0.2, 0.25) is 0 Å². The number of carbonyl (C=O) groups is 2. The lowest BCUT2D eigenvalue weighted by Gasteiger charge is -2.30. The minimum atomic E-state index is -1.02. The Balaban J connectivity index is 3.00. The molecule has 1 rings (SSSR count). The van der Waals surface area contributed by atoms with Crippen molar-refractivity contribution in [1.82, 2.24) is 15.2 Å². The normalized spacial score (nSPS) is 12.0. The number of aliphatic carboxylic acids is 1. The number of aromatic nitrogens is 1. The summed E-state index contributed by atoms with van der Waals surface area (Å²) >= 11 is 0. The Kier molecular flexibility index (Phi) is 5.29. The van der Waals surface area contributed by atoms with Crippen LogP contribution in [0, 0.1) is 5.92 Å². The molecule has 0 radical (unpaired) electrons. The van der Waals surface area contributed by atoms with Gasteiger partial charge in [-0.25, -0.2) is 9.59 Å². The van der Waals surface area contributed by atoms with Crippen molar-refractivity contribution in [3.05, 3.63) is 30.1 Å². The molecule has 0 saturated heterocycles. The molecule has 6 heteroatoms. The Morgan fingerprint density at radius 1 is 1.42 bits per heavy atom. The Morgan fingerprint density at radius 2 is 2.11 bits per heavy atom. The number of hydrogen-bond acceptors (Lipinski definition) is 3. The first kappa shape index (κ1) is 14.9. The molecule has 0 aliphatic rings. The third-order valence-corrected chi connectivity index (χ3v) is 2.75. The molecule has 0 unspecified atom stereocenters. The van der Waals surface area contributed by atoms with E-state index in [1.807, 2.05) is 0 Å². The van der Waals surface area contributed by atoms with Gasteiger partial charge in [0.15, 0.2) is 0 Å². The molecule has 6 nitrogen and oxygen atoms in total. The summed E-state index contributed by atoms with van der Waals surface area (Å²) in [6, 6.07) is 4.02. The molecular weight excluding hydrogens is 246 g/mol. The standard InChI is InChI=1S/C13H19N3O3/c1-9(2)11(12(17)18)16(13(19)14-3)8-10-6-4-5-7-15-10/h4-7,9,11H,8H2,1-3H3,(H,14,19)(H,17,18)/t11-/m0/s1. The number of nitrogens with one attached hydrogen (secondary N) is 1. The van der Waals surface area contributed by atoms with Crippen LogP contribution in [-0.2, 0) is 11.3 Å². The molecule has 0 aromatic carbocycles. The van der Waals surface area contributed by atoms with Gasteiger partial charge in [0.1, 0.15) is 6.04 Å². The molecule has 104 valence electrons. The van der Waals surface area contributed by atoms with E-state index < -0.39 is 18.0 Å². The van der Waals surface area contributed by atoms with Crippen LogP contribution in [0.1, 0.15) is 19.5 Å². The molecule has 2 N–H and O–H groups in total. The lowest BCUT2D eigenvalue weighted by atomic mass is 10.0. The minimum absolute atomic E-state index is 0.162. The maximum absolute atomic E-state index is 11.9. The highest BCUT2D eigenvalue weighted by Crippen LogP contribution is 2.14. The van der Waals surface area contributed by atoms with Gasteiger partial charge >= 0.3 is 12.0 Å². The molecular formula is C13H19N3O3. The molecule has 0 bridgehead atoms. The number of carboxylic acid groups (broad SMARTS) is 1. The van der Waals surface area contributed by atoms with Gasteiger partial charge in [-0.1, -0.05) is 19.9 Å². The van der Waals surface area contributed by atoms with E-state index in [1.165, 1.54) is 11.9 Å². The van der Waals surface area contributed by atoms with E-state index in [-0.39, 0.29) is 12.5 Å². The number of urea groups is 1. The van der Waals surface area contributed by atoms with E-state index in [1.54, 1.807) is 38.2 Å². The molecule has 0 fully saturated rings. The summed E-state index contributed by atoms with van der Waals surface area (Å²) in [7, 11) is 1.48. The molecule has 1 aromatic rings. The molecule has 1 aromatic heterocycles. The van der Waals surface area contributed by atoms with Crippen molar-refractivity contribution in [2.45, 2.75) is 26.4 Å². The van der Waals surface area contributed by atoms with E-state index >= 15 is 0 Å². The zero-order valence-corrected chi connectivity index (χ0v) is 11.3. The second kappa shape index (κ2) is 6.72. The van der Waals surface area contributed by atoms with Gasteiger partial charge in [-0.05, 0) is 18.1 Å². The van der Waals surface area contributed by atoms with E-state index in [0.29, 0.717) is 5.69 Å². The average molecular weight is 265 g/mol. The largest absolute Gasteiger partial charge is 0.480 e. The van der Waals surface area contributed by atoms with Crippen LogP contribution in [0.25, 0.3) is 0 Å². The van der Waals surface area contributed by atoms with Gasteiger partial charge < -0.3 is 15.3 Å². The highest BCUT2D eigenvalue weighted by Gasteiger charge is 2.32. The molecule has 2 amide bonds. The summed E-state index contributed by atoms with van der Waals surface area (Å²) in [6.07, 6.45) is 1.61. The fraction of sp³-hybridized carbons (Fsp3) is 0.462. The number of amides is 2. The van der Waals surface area contributed by atoms with Crippen LogP contribution in [0.5, 0.6) is 0 Å². The summed E-state index contributed by atoms with van der Waals surface area (Å²) in [6.45, 7) is 3.70. The third kappa shape index (κ3) is 3.94. The number of hydrogen-bond donors (Lipinski definition) is 2. The Morgan fingerprint density at radius 3 is 2.53 bits per heavy atom. The van der Waals surface area contributed by atoms with Gasteiger partial charge in [0.25, 0.3) is 0 Å². The number of rotatable bonds is 5. The van der Waals surface area contributed by atoms with E-state index in [9.17, 15) is 14.7 Å². The molecule has 0 aliphatic heterocycles. The van der Waals surface area contributed by atoms with Crippen LogP contribution in [-0.4, -0.2) is 40.1 Å². The molecule has 1 heterocycles. The molecule has 19 heavy (non-hydrogen) atoms. The van der Waals surface area contributed by atoms with Crippen LogP contribution >= 0.6 is 0 Å². The van der Waals surface area contributed by atoms with Gasteiger partial charge in [-0.15, -0.1) is 0 Å². The van der Waals surface area contributed by atoms with Crippen molar-refractivity contribution in [3.8, 4) is 0 Å². The van der Waals surface area contributed by atoms with Gasteiger partial charge in [-0.3, -0.25) is 4.98 Å². The van der Waals surface area contributed by atoms with Crippen molar-refractivity contribution < 1.29 is 14.7 Å². The van der Waals surface area contributed by atoms with Crippen LogP contribution in [0.4, 0.5) is 4.79 Å². The van der Waals surface area contributed by atoms with Crippen molar-refractivity contribution >= 4 is 12.0 Å². The van der Waals surface area contributed by atoms with Crippen LogP contribution < -0.4 is 5.32 Å². The average Bonchev–Trinajstić information content (AvgIpc) is 2.37. The van der Waals surface area contributed by atoms with Crippen molar-refractivity contribution in [1.29, 1.82) is 0 Å². The zero-order valence-electron chi connectivity index (χ0n) is 11.3. The second-order valence-electron chi connectivity index (χ2n) is 4.53. The molecule has 0 spiro atoms. The molecule has 0 aliphatic carbocycles. The van der Waals surface area contributed by atoms with Gasteiger partial charge in [0.05, 0.1) is 12.2 Å². The van der Waals surface area contributed by atoms with Crippen molar-refractivity contribution in [3.63, 3.8) is 0 Å². The summed E-state index contributed by atoms with van der Waals surface area (Å²) in [4.78, 5) is 28.7. The topological polar surface area (TPSA) is 82.5 Å². The zero-order chi connectivity index (χ0) is 14.4. The fourth-order valence-corrected chi connectivity index (χ4v) is 1.88. The predicted molar refractivity (Wildman–Crippen MR) is 70.5 cm³/mol. The highest BCUT2D eigenvalue weighted by atomic mass is 16.4. The van der Waals surface area contributed by atoms with E-state index in [0.717, 1.165) is 0 Å². The fourth-order valence-electron chi connectivity index (χ4n) is 1.88. The SMILES string of the molecule is CNC(=O)N(Cc1ccccn1)[C@H](C(=O)O)C(C)C. The lowest BCUT2D eigenvalue weighted by Crippen LogP contribution is -2.50. The van der Waals surface area contributed by atoms with Crippen molar-refractivity contribution in [2.24, 2.45) is 5.92 Å². The number of pyridine rings is 1. The molecule has 0 saturated carbocycles. The first-order valence-electron chi connectivity index (χ1n) is 6.08. The van der Waals surface area contributed by atoms with Gasteiger partial charge in [-0.2, -0.15) is 0 Å². The summed E-state index contributed by atoms with van der Waals surface area (Å²) in [5.74, 6) is -1.21. The smallest absolute Gasteiger partial charge is 0.326 e. The van der Waals surface area contributed by atoms with E-state index in [4.69, 9.17) is 0 Å². The van der Waals surface area contributed by atoms with Crippen LogP contribution in [0.2, 0.25) is 0 Å². The number of carboxylic acids is 1. The summed E-state index contributed by atoms with van der Waals surface area (Å²) in [5, 5.41) is 11.8. The second-order valence-corrected chi connectivity index (χ2v) is 4.53. The minimum Gasteiger partial charge on any atom is -0.480 e. The maximum Gasteiger partial charge on any atom is 0.326 e.